The van der Waals surface area contributed by atoms with E-state index in [1.165, 1.54) is 0 Å². The highest BCUT2D eigenvalue weighted by atomic mass is 16.5. The van der Waals surface area contributed by atoms with Crippen LogP contribution < -0.4 is 4.74 Å². The minimum absolute atomic E-state index is 0.0878. The summed E-state index contributed by atoms with van der Waals surface area (Å²) in [5, 5.41) is 4.04. The minimum Gasteiger partial charge on any atom is -0.476 e. The van der Waals surface area contributed by atoms with Gasteiger partial charge in [-0.25, -0.2) is 0 Å². The number of aromatic nitrogens is 1. The van der Waals surface area contributed by atoms with E-state index in [4.69, 9.17) is 14.0 Å². The predicted octanol–water partition coefficient (Wildman–Crippen LogP) is 3.30. The minimum atomic E-state index is -0.632. The van der Waals surface area contributed by atoms with Crippen LogP contribution in [0.25, 0.3) is 0 Å². The molecule has 2 aromatic rings. The van der Waals surface area contributed by atoms with Crippen LogP contribution in [0.2, 0.25) is 0 Å². The maximum Gasteiger partial charge on any atom is 0.259 e. The number of hydrogen-bond acceptors (Lipinski definition) is 5. The summed E-state index contributed by atoms with van der Waals surface area (Å²) in [4.78, 5) is 14.8. The van der Waals surface area contributed by atoms with Crippen molar-refractivity contribution in [1.82, 2.24) is 10.1 Å². The molecule has 1 aromatic carbocycles. The Labute approximate surface area is 147 Å². The monoisotopic (exact) mass is 344 g/mol. The molecule has 0 aliphatic heterocycles. The zero-order chi connectivity index (χ0) is 17.8. The summed E-state index contributed by atoms with van der Waals surface area (Å²) in [7, 11) is 3.36. The normalized spacial score (nSPS) is 17.6. The van der Waals surface area contributed by atoms with Crippen molar-refractivity contribution in [3.05, 3.63) is 47.2 Å². The van der Waals surface area contributed by atoms with Crippen LogP contribution in [-0.2, 0) is 16.0 Å². The molecule has 25 heavy (non-hydrogen) atoms. The van der Waals surface area contributed by atoms with Crippen LogP contribution in [0.15, 0.2) is 34.9 Å². The first kappa shape index (κ1) is 17.5. The Morgan fingerprint density at radius 2 is 2.16 bits per heavy atom. The Morgan fingerprint density at radius 1 is 1.40 bits per heavy atom. The van der Waals surface area contributed by atoms with Gasteiger partial charge < -0.3 is 18.9 Å². The Morgan fingerprint density at radius 3 is 2.84 bits per heavy atom. The van der Waals surface area contributed by atoms with E-state index in [1.54, 1.807) is 19.1 Å². The molecule has 1 aliphatic rings. The second kappa shape index (κ2) is 7.70. The van der Waals surface area contributed by atoms with Gasteiger partial charge in [0.05, 0.1) is 18.2 Å². The zero-order valence-corrected chi connectivity index (χ0v) is 14.9. The number of rotatable bonds is 6. The molecule has 1 aliphatic carbocycles. The van der Waals surface area contributed by atoms with E-state index in [0.717, 1.165) is 36.1 Å². The van der Waals surface area contributed by atoms with E-state index in [-0.39, 0.29) is 11.9 Å². The van der Waals surface area contributed by atoms with E-state index in [1.807, 2.05) is 37.3 Å². The van der Waals surface area contributed by atoms with E-state index >= 15 is 0 Å². The molecule has 2 atom stereocenters. The van der Waals surface area contributed by atoms with Gasteiger partial charge in [-0.05, 0) is 30.5 Å². The van der Waals surface area contributed by atoms with Crippen molar-refractivity contribution >= 4 is 5.91 Å². The Balaban J connectivity index is 1.87. The highest BCUT2D eigenvalue weighted by Crippen LogP contribution is 2.40. The Kier molecular flexibility index (Phi) is 5.38. The van der Waals surface area contributed by atoms with Crippen molar-refractivity contribution in [3.63, 3.8) is 0 Å². The fourth-order valence-electron chi connectivity index (χ4n) is 3.40. The molecule has 1 amide bonds. The number of amides is 1. The van der Waals surface area contributed by atoms with Crippen molar-refractivity contribution < 1.29 is 18.8 Å². The van der Waals surface area contributed by atoms with Crippen LogP contribution in [0.4, 0.5) is 0 Å². The summed E-state index contributed by atoms with van der Waals surface area (Å²) >= 11 is 0. The van der Waals surface area contributed by atoms with Gasteiger partial charge in [0, 0.05) is 20.6 Å². The summed E-state index contributed by atoms with van der Waals surface area (Å²) in [6, 6.07) is 9.41. The van der Waals surface area contributed by atoms with Gasteiger partial charge in [0.25, 0.3) is 11.8 Å². The molecular formula is C19H24N2O4. The summed E-state index contributed by atoms with van der Waals surface area (Å²) < 4.78 is 16.5. The van der Waals surface area contributed by atoms with E-state index in [2.05, 4.69) is 5.16 Å². The molecule has 134 valence electrons. The lowest BCUT2D eigenvalue weighted by atomic mass is 9.91. The fraction of sp³-hybridized carbons (Fsp3) is 0.474. The Bertz CT molecular complexity index is 713. The lowest BCUT2D eigenvalue weighted by molar-refractivity contribution is -0.143. The highest BCUT2D eigenvalue weighted by Gasteiger charge is 2.36. The van der Waals surface area contributed by atoms with Gasteiger partial charge >= 0.3 is 0 Å². The largest absolute Gasteiger partial charge is 0.476 e. The molecule has 3 rings (SSSR count). The van der Waals surface area contributed by atoms with Gasteiger partial charge in [0.1, 0.15) is 5.76 Å². The molecule has 1 aromatic heterocycles. The Hall–Kier alpha value is -2.34. The number of hydrogen-bond donors (Lipinski definition) is 0. The van der Waals surface area contributed by atoms with Crippen molar-refractivity contribution in [1.29, 1.82) is 0 Å². The second-order valence-corrected chi connectivity index (χ2v) is 6.14. The van der Waals surface area contributed by atoms with E-state index < -0.39 is 6.10 Å². The molecule has 1 heterocycles. The van der Waals surface area contributed by atoms with Crippen molar-refractivity contribution in [2.75, 3.05) is 20.8 Å². The summed E-state index contributed by atoms with van der Waals surface area (Å²) in [6.45, 7) is 2.41. The van der Waals surface area contributed by atoms with Crippen LogP contribution in [0.1, 0.15) is 48.8 Å². The molecule has 0 spiro atoms. The third kappa shape index (κ3) is 3.39. The topological polar surface area (TPSA) is 64.8 Å². The number of fused-ring (bicyclic) bond motifs is 1. The van der Waals surface area contributed by atoms with Gasteiger partial charge in [-0.15, -0.1) is 0 Å². The van der Waals surface area contributed by atoms with E-state index in [9.17, 15) is 4.79 Å². The maximum absolute atomic E-state index is 13.1. The standard InChI is InChI=1S/C19H24N2O4/c1-4-24-18-16-14(11-8-12-15(16)25-20-18)21(2)19(22)17(23-3)13-9-6-5-7-10-13/h5-7,9-10,14,17H,4,8,11-12H2,1-3H3/t14-,17+/m0/s1. The van der Waals surface area contributed by atoms with Crippen molar-refractivity contribution in [2.45, 2.75) is 38.3 Å². The number of ether oxygens (including phenoxy) is 2. The number of aryl methyl sites for hydroxylation is 1. The summed E-state index contributed by atoms with van der Waals surface area (Å²) in [6.07, 6.45) is 1.98. The summed E-state index contributed by atoms with van der Waals surface area (Å²) in [5.74, 6) is 1.22. The van der Waals surface area contributed by atoms with Crippen LogP contribution in [-0.4, -0.2) is 36.7 Å². The first-order chi connectivity index (χ1) is 12.2. The number of carbonyl (C=O) groups excluding carboxylic acids is 1. The van der Waals surface area contributed by atoms with Crippen LogP contribution >= 0.6 is 0 Å². The number of likely N-dealkylation sites (N-methyl/N-ethyl adjacent to an activating group) is 1. The SMILES string of the molecule is CCOc1noc2c1[C@@H](N(C)C(=O)[C@H](OC)c1ccccc1)CCC2. The molecule has 0 unspecified atom stereocenters. The zero-order valence-electron chi connectivity index (χ0n) is 14.9. The number of nitrogens with zero attached hydrogens (tertiary/aromatic N) is 2. The first-order valence-corrected chi connectivity index (χ1v) is 8.63. The average Bonchev–Trinajstić information content (AvgIpc) is 3.06. The third-order valence-electron chi connectivity index (χ3n) is 4.64. The average molecular weight is 344 g/mol. The molecule has 0 bridgehead atoms. The van der Waals surface area contributed by atoms with Gasteiger partial charge in [-0.2, -0.15) is 0 Å². The summed E-state index contributed by atoms with van der Waals surface area (Å²) in [5.41, 5.74) is 1.74. The van der Waals surface area contributed by atoms with Gasteiger partial charge in [-0.1, -0.05) is 30.3 Å². The third-order valence-corrected chi connectivity index (χ3v) is 4.64. The highest BCUT2D eigenvalue weighted by molar-refractivity contribution is 5.82. The fourth-order valence-corrected chi connectivity index (χ4v) is 3.40. The quantitative estimate of drug-likeness (QED) is 0.804. The molecule has 0 radical (unpaired) electrons. The molecular weight excluding hydrogens is 320 g/mol. The van der Waals surface area contributed by atoms with E-state index in [0.29, 0.717) is 12.5 Å². The van der Waals surface area contributed by atoms with Crippen LogP contribution in [0, 0.1) is 0 Å². The number of methoxy groups -OCH3 is 1. The maximum atomic E-state index is 13.1. The van der Waals surface area contributed by atoms with Gasteiger partial charge in [0.15, 0.2) is 6.10 Å². The van der Waals surface area contributed by atoms with Gasteiger partial charge in [-0.3, -0.25) is 4.79 Å². The molecule has 6 nitrogen and oxygen atoms in total. The van der Waals surface area contributed by atoms with Crippen molar-refractivity contribution in [2.24, 2.45) is 0 Å². The number of carbonyl (C=O) groups is 1. The van der Waals surface area contributed by atoms with Gasteiger partial charge in [0.2, 0.25) is 0 Å². The van der Waals surface area contributed by atoms with Crippen molar-refractivity contribution in [3.8, 4) is 5.88 Å². The lowest BCUT2D eigenvalue weighted by Gasteiger charge is -2.33. The van der Waals surface area contributed by atoms with Crippen LogP contribution in [0.5, 0.6) is 5.88 Å². The van der Waals surface area contributed by atoms with Crippen LogP contribution in [0.3, 0.4) is 0 Å². The molecule has 0 saturated carbocycles. The second-order valence-electron chi connectivity index (χ2n) is 6.14. The smallest absolute Gasteiger partial charge is 0.259 e. The number of benzene rings is 1. The predicted molar refractivity (Wildman–Crippen MR) is 92.3 cm³/mol. The lowest BCUT2D eigenvalue weighted by Crippen LogP contribution is -2.37. The first-order valence-electron chi connectivity index (χ1n) is 8.63. The molecule has 6 heteroatoms. The molecule has 0 saturated heterocycles. The molecule has 0 N–H and O–H groups in total. The molecule has 0 fully saturated rings.